The third kappa shape index (κ3) is 3.61. The first-order chi connectivity index (χ1) is 9.67. The highest BCUT2D eigenvalue weighted by Crippen LogP contribution is 2.23. The molecule has 1 aromatic rings. The van der Waals surface area contributed by atoms with Gasteiger partial charge in [-0.2, -0.15) is 5.10 Å². The van der Waals surface area contributed by atoms with Gasteiger partial charge in [0.2, 0.25) is 0 Å². The Balaban J connectivity index is 2.14. The number of likely N-dealkylation sites (N-methyl/N-ethyl adjacent to an activating group) is 1. The van der Waals surface area contributed by atoms with Gasteiger partial charge in [0.15, 0.2) is 0 Å². The Morgan fingerprint density at radius 2 is 2.25 bits per heavy atom. The fourth-order valence-corrected chi connectivity index (χ4v) is 3.05. The number of hydrogen-bond donors (Lipinski definition) is 1. The predicted molar refractivity (Wildman–Crippen MR) is 82.1 cm³/mol. The van der Waals surface area contributed by atoms with E-state index in [4.69, 9.17) is 9.47 Å². The summed E-state index contributed by atoms with van der Waals surface area (Å²) in [5, 5.41) is 8.08. The molecule has 0 saturated carbocycles. The SMILES string of the molecule is CCNC(Cc1c(Br)c(C)nn1CC)C1COCCO1. The second-order valence-electron chi connectivity index (χ2n) is 5.01. The van der Waals surface area contributed by atoms with Crippen LogP contribution in [0, 0.1) is 6.92 Å². The average molecular weight is 346 g/mol. The standard InChI is InChI=1S/C14H24BrN3O2/c1-4-16-11(13-9-19-6-7-20-13)8-12-14(15)10(3)17-18(12)5-2/h11,13,16H,4-9H2,1-3H3. The van der Waals surface area contributed by atoms with Gasteiger partial charge in [-0.25, -0.2) is 0 Å². The van der Waals surface area contributed by atoms with E-state index in [0.717, 1.165) is 29.7 Å². The molecule has 0 spiro atoms. The van der Waals surface area contributed by atoms with Crippen molar-refractivity contribution in [2.75, 3.05) is 26.4 Å². The molecule has 2 heterocycles. The summed E-state index contributed by atoms with van der Waals surface area (Å²) in [6.07, 6.45) is 0.994. The van der Waals surface area contributed by atoms with Crippen LogP contribution in [0.5, 0.6) is 0 Å². The molecule has 1 aliphatic rings. The van der Waals surface area contributed by atoms with Crippen molar-refractivity contribution in [2.45, 2.75) is 45.9 Å². The van der Waals surface area contributed by atoms with Crippen molar-refractivity contribution in [3.63, 3.8) is 0 Å². The van der Waals surface area contributed by atoms with Crippen molar-refractivity contribution in [2.24, 2.45) is 0 Å². The van der Waals surface area contributed by atoms with E-state index in [2.05, 4.69) is 44.9 Å². The second-order valence-corrected chi connectivity index (χ2v) is 5.81. The normalized spacial score (nSPS) is 21.1. The van der Waals surface area contributed by atoms with Crippen molar-refractivity contribution in [3.8, 4) is 0 Å². The van der Waals surface area contributed by atoms with Gasteiger partial charge >= 0.3 is 0 Å². The lowest BCUT2D eigenvalue weighted by atomic mass is 10.0. The average Bonchev–Trinajstić information content (AvgIpc) is 2.75. The van der Waals surface area contributed by atoms with E-state index < -0.39 is 0 Å². The summed E-state index contributed by atoms with van der Waals surface area (Å²) in [6.45, 7) is 10.1. The van der Waals surface area contributed by atoms with Crippen LogP contribution in [0.15, 0.2) is 4.47 Å². The molecule has 0 radical (unpaired) electrons. The van der Waals surface area contributed by atoms with Gasteiger partial charge in [0.1, 0.15) is 0 Å². The van der Waals surface area contributed by atoms with Gasteiger partial charge in [-0.1, -0.05) is 6.92 Å². The minimum Gasteiger partial charge on any atom is -0.376 e. The fraction of sp³-hybridized carbons (Fsp3) is 0.786. The third-order valence-corrected chi connectivity index (χ3v) is 4.65. The molecule has 0 aromatic carbocycles. The fourth-order valence-electron chi connectivity index (χ4n) is 2.61. The van der Waals surface area contributed by atoms with Gasteiger partial charge in [-0.05, 0) is 36.3 Å². The molecule has 2 atom stereocenters. The van der Waals surface area contributed by atoms with Gasteiger partial charge in [-0.3, -0.25) is 4.68 Å². The minimum atomic E-state index is 0.108. The lowest BCUT2D eigenvalue weighted by Crippen LogP contribution is -2.48. The number of aromatic nitrogens is 2. The maximum Gasteiger partial charge on any atom is 0.0965 e. The summed E-state index contributed by atoms with van der Waals surface area (Å²) >= 11 is 3.66. The van der Waals surface area contributed by atoms with Crippen LogP contribution in [0.1, 0.15) is 25.2 Å². The second kappa shape index (κ2) is 7.54. The molecule has 20 heavy (non-hydrogen) atoms. The van der Waals surface area contributed by atoms with Crippen LogP contribution in [-0.2, 0) is 22.4 Å². The topological polar surface area (TPSA) is 48.3 Å². The zero-order valence-electron chi connectivity index (χ0n) is 12.5. The lowest BCUT2D eigenvalue weighted by molar-refractivity contribution is -0.101. The van der Waals surface area contributed by atoms with Gasteiger partial charge in [0.25, 0.3) is 0 Å². The van der Waals surface area contributed by atoms with Gasteiger partial charge < -0.3 is 14.8 Å². The van der Waals surface area contributed by atoms with E-state index in [1.807, 2.05) is 6.92 Å². The molecule has 6 heteroatoms. The summed E-state index contributed by atoms with van der Waals surface area (Å²) in [5.41, 5.74) is 2.27. The van der Waals surface area contributed by atoms with Crippen LogP contribution >= 0.6 is 15.9 Å². The summed E-state index contributed by atoms with van der Waals surface area (Å²) in [4.78, 5) is 0. The van der Waals surface area contributed by atoms with Crippen LogP contribution in [0.4, 0.5) is 0 Å². The summed E-state index contributed by atoms with van der Waals surface area (Å²) in [6, 6.07) is 0.248. The van der Waals surface area contributed by atoms with E-state index in [1.54, 1.807) is 0 Å². The van der Waals surface area contributed by atoms with Crippen molar-refractivity contribution < 1.29 is 9.47 Å². The third-order valence-electron chi connectivity index (χ3n) is 3.62. The first-order valence-electron chi connectivity index (χ1n) is 7.31. The molecule has 1 N–H and O–H groups in total. The highest BCUT2D eigenvalue weighted by Gasteiger charge is 2.27. The van der Waals surface area contributed by atoms with E-state index in [0.29, 0.717) is 19.8 Å². The largest absolute Gasteiger partial charge is 0.376 e. The molecule has 2 unspecified atom stereocenters. The molecule has 0 bridgehead atoms. The molecule has 2 rings (SSSR count). The Morgan fingerprint density at radius 3 is 2.85 bits per heavy atom. The Labute approximate surface area is 129 Å². The first-order valence-corrected chi connectivity index (χ1v) is 8.11. The summed E-state index contributed by atoms with van der Waals surface area (Å²) in [7, 11) is 0. The van der Waals surface area contributed by atoms with Gasteiger partial charge in [0, 0.05) is 19.0 Å². The molecular weight excluding hydrogens is 322 g/mol. The molecule has 1 fully saturated rings. The molecule has 5 nitrogen and oxygen atoms in total. The number of halogens is 1. The van der Waals surface area contributed by atoms with E-state index in [1.165, 1.54) is 5.69 Å². The first kappa shape index (κ1) is 15.9. The van der Waals surface area contributed by atoms with Crippen molar-refractivity contribution in [1.82, 2.24) is 15.1 Å². The Hall–Kier alpha value is -0.430. The van der Waals surface area contributed by atoms with Crippen LogP contribution in [0.2, 0.25) is 0 Å². The zero-order chi connectivity index (χ0) is 14.5. The summed E-state index contributed by atoms with van der Waals surface area (Å²) < 4.78 is 14.6. The van der Waals surface area contributed by atoms with E-state index in [-0.39, 0.29) is 12.1 Å². The summed E-state index contributed by atoms with van der Waals surface area (Å²) in [5.74, 6) is 0. The molecule has 114 valence electrons. The van der Waals surface area contributed by atoms with Gasteiger partial charge in [0.05, 0.1) is 41.8 Å². The number of rotatable bonds is 6. The smallest absolute Gasteiger partial charge is 0.0965 e. The zero-order valence-corrected chi connectivity index (χ0v) is 14.1. The van der Waals surface area contributed by atoms with Crippen LogP contribution < -0.4 is 5.32 Å². The molecule has 1 aliphatic heterocycles. The van der Waals surface area contributed by atoms with E-state index >= 15 is 0 Å². The number of nitrogens with one attached hydrogen (secondary N) is 1. The number of ether oxygens (including phenoxy) is 2. The van der Waals surface area contributed by atoms with E-state index in [9.17, 15) is 0 Å². The number of nitrogens with zero attached hydrogens (tertiary/aromatic N) is 2. The molecule has 1 saturated heterocycles. The maximum absolute atomic E-state index is 5.85. The lowest BCUT2D eigenvalue weighted by Gasteiger charge is -2.31. The molecule has 0 aliphatic carbocycles. The Kier molecular flexibility index (Phi) is 6.01. The highest BCUT2D eigenvalue weighted by atomic mass is 79.9. The van der Waals surface area contributed by atoms with Crippen molar-refractivity contribution in [1.29, 1.82) is 0 Å². The van der Waals surface area contributed by atoms with Crippen molar-refractivity contribution in [3.05, 3.63) is 15.9 Å². The molecule has 1 aromatic heterocycles. The number of hydrogen-bond acceptors (Lipinski definition) is 4. The maximum atomic E-state index is 5.85. The monoisotopic (exact) mass is 345 g/mol. The number of aryl methyl sites for hydroxylation is 2. The predicted octanol–water partition coefficient (Wildman–Crippen LogP) is 1.91. The van der Waals surface area contributed by atoms with Crippen molar-refractivity contribution >= 4 is 15.9 Å². The van der Waals surface area contributed by atoms with Gasteiger partial charge in [-0.15, -0.1) is 0 Å². The quantitative estimate of drug-likeness (QED) is 0.855. The Morgan fingerprint density at radius 1 is 1.45 bits per heavy atom. The van der Waals surface area contributed by atoms with Crippen LogP contribution in [0.25, 0.3) is 0 Å². The molecular formula is C14H24BrN3O2. The molecule has 0 amide bonds. The minimum absolute atomic E-state index is 0.108. The highest BCUT2D eigenvalue weighted by molar-refractivity contribution is 9.10. The Bertz CT molecular complexity index is 430. The van der Waals surface area contributed by atoms with Crippen LogP contribution in [-0.4, -0.2) is 48.3 Å². The van der Waals surface area contributed by atoms with Crippen LogP contribution in [0.3, 0.4) is 0 Å².